The molecule has 2 aromatic rings. The van der Waals surface area contributed by atoms with E-state index in [1.54, 1.807) is 11.3 Å². The fourth-order valence-corrected chi connectivity index (χ4v) is 3.73. The Morgan fingerprint density at radius 2 is 2.38 bits per heavy atom. The lowest BCUT2D eigenvalue weighted by Crippen LogP contribution is -2.39. The van der Waals surface area contributed by atoms with Crippen LogP contribution in [0.5, 0.6) is 0 Å². The van der Waals surface area contributed by atoms with Crippen molar-refractivity contribution in [3.8, 4) is 0 Å². The highest BCUT2D eigenvalue weighted by atomic mass is 32.1. The Bertz CT molecular complexity index is 634. The van der Waals surface area contributed by atoms with Crippen molar-refractivity contribution in [2.75, 3.05) is 6.54 Å². The normalized spacial score (nSPS) is 19.0. The van der Waals surface area contributed by atoms with Gasteiger partial charge in [-0.05, 0) is 26.2 Å². The first kappa shape index (κ1) is 14.3. The van der Waals surface area contributed by atoms with Gasteiger partial charge in [0.25, 0.3) is 5.91 Å². The maximum atomic E-state index is 12.8. The van der Waals surface area contributed by atoms with Gasteiger partial charge >= 0.3 is 0 Å². The number of aromatic nitrogens is 2. The second kappa shape index (κ2) is 5.97. The van der Waals surface area contributed by atoms with Crippen molar-refractivity contribution in [2.45, 2.75) is 45.6 Å². The summed E-state index contributed by atoms with van der Waals surface area (Å²) < 4.78 is 5.30. The molecule has 0 radical (unpaired) electrons. The zero-order valence-corrected chi connectivity index (χ0v) is 13.2. The molecule has 1 amide bonds. The highest BCUT2D eigenvalue weighted by Gasteiger charge is 2.32. The molecule has 112 valence electrons. The molecule has 6 heteroatoms. The van der Waals surface area contributed by atoms with Gasteiger partial charge in [-0.25, -0.2) is 9.97 Å². The van der Waals surface area contributed by atoms with Crippen molar-refractivity contribution in [3.05, 3.63) is 33.9 Å². The number of piperidine rings is 1. The average Bonchev–Trinajstić information content (AvgIpc) is 3.15. The third kappa shape index (κ3) is 2.72. The van der Waals surface area contributed by atoms with E-state index >= 15 is 0 Å². The first-order valence-corrected chi connectivity index (χ1v) is 8.24. The largest absolute Gasteiger partial charge is 0.448 e. The number of nitrogens with zero attached hydrogens (tertiary/aromatic N) is 3. The molecule has 0 unspecified atom stereocenters. The van der Waals surface area contributed by atoms with Gasteiger partial charge in [0.2, 0.25) is 0 Å². The molecule has 0 spiro atoms. The van der Waals surface area contributed by atoms with Crippen LogP contribution in [0, 0.1) is 6.92 Å². The van der Waals surface area contributed by atoms with E-state index in [9.17, 15) is 4.79 Å². The summed E-state index contributed by atoms with van der Waals surface area (Å²) >= 11 is 1.64. The molecule has 3 rings (SSSR count). The minimum atomic E-state index is -0.0295. The standard InChI is InChI=1S/C15H19N3O2S/c1-3-12-13(16-9-20-12)15(19)18-7-5-4-6-11(18)14-17-10(2)8-21-14/h8-9,11H,3-7H2,1-2H3/t11-/m1/s1. The highest BCUT2D eigenvalue weighted by molar-refractivity contribution is 7.09. The Kier molecular flexibility index (Phi) is 4.05. The molecule has 1 aliphatic rings. The number of oxazole rings is 1. The van der Waals surface area contributed by atoms with E-state index in [1.807, 2.05) is 24.1 Å². The molecule has 21 heavy (non-hydrogen) atoms. The summed E-state index contributed by atoms with van der Waals surface area (Å²) in [5.41, 5.74) is 1.47. The Morgan fingerprint density at radius 3 is 3.10 bits per heavy atom. The SMILES string of the molecule is CCc1ocnc1C(=O)N1CCCC[C@@H]1c1nc(C)cs1. The van der Waals surface area contributed by atoms with Gasteiger partial charge in [-0.1, -0.05) is 6.92 Å². The summed E-state index contributed by atoms with van der Waals surface area (Å²) in [7, 11) is 0. The van der Waals surface area contributed by atoms with Crippen molar-refractivity contribution in [2.24, 2.45) is 0 Å². The average molecular weight is 305 g/mol. The van der Waals surface area contributed by atoms with E-state index in [-0.39, 0.29) is 11.9 Å². The van der Waals surface area contributed by atoms with Crippen LogP contribution in [0.3, 0.4) is 0 Å². The number of thiazole rings is 1. The van der Waals surface area contributed by atoms with Crippen LogP contribution >= 0.6 is 11.3 Å². The van der Waals surface area contributed by atoms with Crippen LogP contribution in [-0.2, 0) is 6.42 Å². The quantitative estimate of drug-likeness (QED) is 0.872. The molecule has 2 aromatic heterocycles. The number of rotatable bonds is 3. The third-order valence-electron chi connectivity index (χ3n) is 3.85. The number of hydrogen-bond acceptors (Lipinski definition) is 5. The van der Waals surface area contributed by atoms with Crippen LogP contribution in [0.1, 0.15) is 59.2 Å². The summed E-state index contributed by atoms with van der Waals surface area (Å²) in [6, 6.07) is 0.0753. The second-order valence-corrected chi connectivity index (χ2v) is 6.20. The maximum Gasteiger partial charge on any atom is 0.276 e. The maximum absolute atomic E-state index is 12.8. The summed E-state index contributed by atoms with van der Waals surface area (Å²) in [5, 5.41) is 3.07. The Balaban J connectivity index is 1.89. The Morgan fingerprint density at radius 1 is 1.52 bits per heavy atom. The number of aryl methyl sites for hydroxylation is 2. The number of hydrogen-bond donors (Lipinski definition) is 0. The van der Waals surface area contributed by atoms with Crippen LogP contribution in [0.4, 0.5) is 0 Å². The van der Waals surface area contributed by atoms with E-state index in [1.165, 1.54) is 6.39 Å². The van der Waals surface area contributed by atoms with Crippen LogP contribution < -0.4 is 0 Å². The third-order valence-corrected chi connectivity index (χ3v) is 4.91. The molecule has 3 heterocycles. The zero-order chi connectivity index (χ0) is 14.8. The smallest absolute Gasteiger partial charge is 0.276 e. The molecule has 0 aliphatic carbocycles. The van der Waals surface area contributed by atoms with Crippen LogP contribution in [0.15, 0.2) is 16.2 Å². The molecule has 5 nitrogen and oxygen atoms in total. The molecule has 0 saturated carbocycles. The van der Waals surface area contributed by atoms with Gasteiger partial charge in [-0.15, -0.1) is 11.3 Å². The molecule has 1 fully saturated rings. The molecule has 1 saturated heterocycles. The number of carbonyl (C=O) groups excluding carboxylic acids is 1. The minimum Gasteiger partial charge on any atom is -0.448 e. The van der Waals surface area contributed by atoms with Gasteiger partial charge in [0, 0.05) is 24.0 Å². The van der Waals surface area contributed by atoms with Gasteiger partial charge in [-0.3, -0.25) is 4.79 Å². The van der Waals surface area contributed by atoms with Gasteiger partial charge in [0.15, 0.2) is 12.1 Å². The number of amides is 1. The fraction of sp³-hybridized carbons (Fsp3) is 0.533. The molecule has 1 atom stereocenters. The van der Waals surface area contributed by atoms with Gasteiger partial charge in [0.1, 0.15) is 10.8 Å². The van der Waals surface area contributed by atoms with E-state index in [2.05, 4.69) is 9.97 Å². The van der Waals surface area contributed by atoms with E-state index in [4.69, 9.17) is 4.42 Å². The van der Waals surface area contributed by atoms with Gasteiger partial charge < -0.3 is 9.32 Å². The topological polar surface area (TPSA) is 59.2 Å². The van der Waals surface area contributed by atoms with Crippen molar-refractivity contribution in [3.63, 3.8) is 0 Å². The predicted octanol–water partition coefficient (Wildman–Crippen LogP) is 3.37. The molecule has 0 aromatic carbocycles. The Labute approximate surface area is 128 Å². The van der Waals surface area contributed by atoms with Crippen LogP contribution in [-0.4, -0.2) is 27.3 Å². The highest BCUT2D eigenvalue weighted by Crippen LogP contribution is 2.34. The number of carbonyl (C=O) groups is 1. The van der Waals surface area contributed by atoms with Crippen molar-refractivity contribution in [1.82, 2.24) is 14.9 Å². The van der Waals surface area contributed by atoms with Crippen LogP contribution in [0.2, 0.25) is 0 Å². The monoisotopic (exact) mass is 305 g/mol. The Hall–Kier alpha value is -1.69. The van der Waals surface area contributed by atoms with Gasteiger partial charge in [0.05, 0.1) is 6.04 Å². The lowest BCUT2D eigenvalue weighted by molar-refractivity contribution is 0.0603. The molecule has 1 aliphatic heterocycles. The first-order valence-electron chi connectivity index (χ1n) is 7.36. The van der Waals surface area contributed by atoms with Crippen LogP contribution in [0.25, 0.3) is 0 Å². The molecule has 0 bridgehead atoms. The summed E-state index contributed by atoms with van der Waals surface area (Å²) in [6.07, 6.45) is 5.17. The van der Waals surface area contributed by atoms with Crippen molar-refractivity contribution in [1.29, 1.82) is 0 Å². The fourth-order valence-electron chi connectivity index (χ4n) is 2.79. The lowest BCUT2D eigenvalue weighted by Gasteiger charge is -2.34. The van der Waals surface area contributed by atoms with E-state index in [0.29, 0.717) is 17.9 Å². The summed E-state index contributed by atoms with van der Waals surface area (Å²) in [4.78, 5) is 23.4. The zero-order valence-electron chi connectivity index (χ0n) is 12.3. The summed E-state index contributed by atoms with van der Waals surface area (Å²) in [5.74, 6) is 0.637. The molecular formula is C15H19N3O2S. The lowest BCUT2D eigenvalue weighted by atomic mass is 10.0. The van der Waals surface area contributed by atoms with Crippen molar-refractivity contribution >= 4 is 17.2 Å². The number of likely N-dealkylation sites (tertiary alicyclic amines) is 1. The van der Waals surface area contributed by atoms with E-state index in [0.717, 1.165) is 36.5 Å². The van der Waals surface area contributed by atoms with E-state index < -0.39 is 0 Å². The first-order chi connectivity index (χ1) is 10.2. The summed E-state index contributed by atoms with van der Waals surface area (Å²) in [6.45, 7) is 4.72. The van der Waals surface area contributed by atoms with Gasteiger partial charge in [-0.2, -0.15) is 0 Å². The molecule has 0 N–H and O–H groups in total. The second-order valence-electron chi connectivity index (χ2n) is 5.31. The predicted molar refractivity (Wildman–Crippen MR) is 80.4 cm³/mol. The van der Waals surface area contributed by atoms with Crippen molar-refractivity contribution < 1.29 is 9.21 Å². The molecular weight excluding hydrogens is 286 g/mol. The minimum absolute atomic E-state index is 0.0295.